The van der Waals surface area contributed by atoms with Crippen LogP contribution >= 0.6 is 15.9 Å². The Balaban J connectivity index is 2.83. The molecule has 1 atom stereocenters. The van der Waals surface area contributed by atoms with Crippen molar-refractivity contribution in [1.82, 2.24) is 5.32 Å². The van der Waals surface area contributed by atoms with Crippen LogP contribution in [0, 0.1) is 0 Å². The zero-order chi connectivity index (χ0) is 13.8. The topological polar surface area (TPSA) is 21.3 Å². The Labute approximate surface area is 119 Å². The fraction of sp³-hybridized carbons (Fsp3) is 0.600. The highest BCUT2D eigenvalue weighted by Gasteiger charge is 2.12. The zero-order valence-corrected chi connectivity index (χ0v) is 13.6. The molecular weight excluding hydrogens is 290 g/mol. The highest BCUT2D eigenvalue weighted by Crippen LogP contribution is 2.25. The van der Waals surface area contributed by atoms with Crippen LogP contribution in [0.2, 0.25) is 0 Å². The molecule has 0 fully saturated rings. The van der Waals surface area contributed by atoms with Crippen molar-refractivity contribution in [2.24, 2.45) is 0 Å². The zero-order valence-electron chi connectivity index (χ0n) is 12.0. The van der Waals surface area contributed by atoms with Gasteiger partial charge in [-0.1, -0.05) is 22.9 Å². The van der Waals surface area contributed by atoms with E-state index >= 15 is 0 Å². The molecule has 1 rings (SSSR count). The van der Waals surface area contributed by atoms with Crippen LogP contribution in [0.1, 0.15) is 46.6 Å². The molecule has 18 heavy (non-hydrogen) atoms. The third-order valence-corrected chi connectivity index (χ3v) is 3.23. The van der Waals surface area contributed by atoms with E-state index in [1.807, 2.05) is 12.1 Å². The lowest BCUT2D eigenvalue weighted by Crippen LogP contribution is -2.35. The largest absolute Gasteiger partial charge is 0.490 e. The molecule has 102 valence electrons. The Morgan fingerprint density at radius 3 is 2.56 bits per heavy atom. The molecule has 0 aromatic heterocycles. The molecule has 0 spiro atoms. The highest BCUT2D eigenvalue weighted by molar-refractivity contribution is 9.10. The van der Waals surface area contributed by atoms with Crippen molar-refractivity contribution >= 4 is 15.9 Å². The summed E-state index contributed by atoms with van der Waals surface area (Å²) in [6.07, 6.45) is 1.27. The fourth-order valence-corrected chi connectivity index (χ4v) is 1.87. The first-order valence-electron chi connectivity index (χ1n) is 6.52. The Kier molecular flexibility index (Phi) is 5.67. The Morgan fingerprint density at radius 2 is 2.00 bits per heavy atom. The first kappa shape index (κ1) is 15.5. The molecule has 0 bridgehead atoms. The van der Waals surface area contributed by atoms with Gasteiger partial charge >= 0.3 is 0 Å². The molecule has 1 aromatic rings. The summed E-state index contributed by atoms with van der Waals surface area (Å²) in [4.78, 5) is 0. The Morgan fingerprint density at radius 1 is 1.33 bits per heavy atom. The summed E-state index contributed by atoms with van der Waals surface area (Å²) in [5.74, 6) is 0.976. The van der Waals surface area contributed by atoms with E-state index in [1.54, 1.807) is 0 Å². The normalized spacial score (nSPS) is 13.4. The number of ether oxygens (including phenoxy) is 1. The molecule has 1 aromatic carbocycles. The van der Waals surface area contributed by atoms with E-state index in [2.05, 4.69) is 61.9 Å². The lowest BCUT2D eigenvalue weighted by Gasteiger charge is -2.22. The summed E-state index contributed by atoms with van der Waals surface area (Å²) < 4.78 is 7.04. The molecule has 0 radical (unpaired) electrons. The smallest absolute Gasteiger partial charge is 0.124 e. The average molecular weight is 314 g/mol. The van der Waals surface area contributed by atoms with E-state index in [-0.39, 0.29) is 11.6 Å². The van der Waals surface area contributed by atoms with Crippen LogP contribution in [0.4, 0.5) is 0 Å². The van der Waals surface area contributed by atoms with Crippen LogP contribution < -0.4 is 10.1 Å². The average Bonchev–Trinajstić information content (AvgIpc) is 2.28. The molecule has 2 nitrogen and oxygen atoms in total. The van der Waals surface area contributed by atoms with E-state index in [4.69, 9.17) is 4.74 Å². The second kappa shape index (κ2) is 6.58. The van der Waals surface area contributed by atoms with Gasteiger partial charge in [-0.05, 0) is 52.3 Å². The molecule has 0 aliphatic carbocycles. The summed E-state index contributed by atoms with van der Waals surface area (Å²) in [5, 5.41) is 3.50. The van der Waals surface area contributed by atoms with Gasteiger partial charge in [-0.15, -0.1) is 0 Å². The van der Waals surface area contributed by atoms with E-state index in [9.17, 15) is 0 Å². The van der Waals surface area contributed by atoms with Crippen molar-refractivity contribution in [2.45, 2.75) is 59.2 Å². The van der Waals surface area contributed by atoms with Gasteiger partial charge in [-0.3, -0.25) is 0 Å². The van der Waals surface area contributed by atoms with Gasteiger partial charge in [0.2, 0.25) is 0 Å². The Hall–Kier alpha value is -0.540. The number of hydrogen-bond donors (Lipinski definition) is 1. The van der Waals surface area contributed by atoms with Crippen molar-refractivity contribution in [3.63, 3.8) is 0 Å². The van der Waals surface area contributed by atoms with Gasteiger partial charge in [-0.2, -0.15) is 0 Å². The standard InChI is InChI=1S/C15H24BrNO/c1-6-11(2)18-14-8-7-13(16)9-12(14)10-17-15(3,4)5/h7-9,11,17H,6,10H2,1-5H3. The van der Waals surface area contributed by atoms with Crippen LogP contribution in [0.3, 0.4) is 0 Å². The lowest BCUT2D eigenvalue weighted by molar-refractivity contribution is 0.214. The summed E-state index contributed by atoms with van der Waals surface area (Å²) in [6, 6.07) is 6.19. The molecule has 1 unspecified atom stereocenters. The fourth-order valence-electron chi connectivity index (χ4n) is 1.46. The molecule has 0 amide bonds. The van der Waals surface area contributed by atoms with Gasteiger partial charge in [0, 0.05) is 22.1 Å². The van der Waals surface area contributed by atoms with Crippen molar-refractivity contribution in [1.29, 1.82) is 0 Å². The summed E-state index contributed by atoms with van der Waals surface area (Å²) >= 11 is 3.52. The van der Waals surface area contributed by atoms with Gasteiger partial charge in [0.15, 0.2) is 0 Å². The second-order valence-corrected chi connectivity index (χ2v) is 6.61. The maximum atomic E-state index is 5.95. The van der Waals surface area contributed by atoms with E-state index in [0.717, 1.165) is 23.2 Å². The predicted octanol–water partition coefficient (Wildman–Crippen LogP) is 4.51. The molecular formula is C15H24BrNO. The van der Waals surface area contributed by atoms with Crippen LogP contribution in [-0.4, -0.2) is 11.6 Å². The van der Waals surface area contributed by atoms with Crippen molar-refractivity contribution < 1.29 is 4.74 Å². The van der Waals surface area contributed by atoms with E-state index in [0.29, 0.717) is 0 Å². The first-order chi connectivity index (χ1) is 8.31. The van der Waals surface area contributed by atoms with Crippen LogP contribution in [0.5, 0.6) is 5.75 Å². The first-order valence-corrected chi connectivity index (χ1v) is 7.31. The van der Waals surface area contributed by atoms with Gasteiger partial charge in [0.1, 0.15) is 5.75 Å². The highest BCUT2D eigenvalue weighted by atomic mass is 79.9. The summed E-state index contributed by atoms with van der Waals surface area (Å²) in [6.45, 7) is 11.6. The molecule has 0 aliphatic rings. The molecule has 0 heterocycles. The molecule has 0 saturated heterocycles. The van der Waals surface area contributed by atoms with Crippen molar-refractivity contribution in [2.75, 3.05) is 0 Å². The Bertz CT molecular complexity index is 385. The third kappa shape index (κ3) is 5.40. The minimum absolute atomic E-state index is 0.107. The van der Waals surface area contributed by atoms with Gasteiger partial charge < -0.3 is 10.1 Å². The quantitative estimate of drug-likeness (QED) is 0.863. The van der Waals surface area contributed by atoms with Crippen LogP contribution in [0.25, 0.3) is 0 Å². The molecule has 0 aliphatic heterocycles. The van der Waals surface area contributed by atoms with Gasteiger partial charge in [-0.25, -0.2) is 0 Å². The number of benzene rings is 1. The SMILES string of the molecule is CCC(C)Oc1ccc(Br)cc1CNC(C)(C)C. The number of nitrogens with one attached hydrogen (secondary N) is 1. The summed E-state index contributed by atoms with van der Waals surface area (Å²) in [5.41, 5.74) is 1.30. The third-order valence-electron chi connectivity index (χ3n) is 2.73. The number of halogens is 1. The van der Waals surface area contributed by atoms with Crippen molar-refractivity contribution in [3.8, 4) is 5.75 Å². The number of rotatable bonds is 5. The monoisotopic (exact) mass is 313 g/mol. The maximum Gasteiger partial charge on any atom is 0.124 e. The lowest BCUT2D eigenvalue weighted by atomic mass is 10.1. The second-order valence-electron chi connectivity index (χ2n) is 5.69. The maximum absolute atomic E-state index is 5.95. The number of hydrogen-bond acceptors (Lipinski definition) is 2. The molecule has 0 saturated carbocycles. The minimum Gasteiger partial charge on any atom is -0.490 e. The summed E-state index contributed by atoms with van der Waals surface area (Å²) in [7, 11) is 0. The molecule has 1 N–H and O–H groups in total. The van der Waals surface area contributed by atoms with Gasteiger partial charge in [0.05, 0.1) is 6.10 Å². The minimum atomic E-state index is 0.107. The van der Waals surface area contributed by atoms with E-state index < -0.39 is 0 Å². The predicted molar refractivity (Wildman–Crippen MR) is 81.1 cm³/mol. The van der Waals surface area contributed by atoms with Crippen LogP contribution in [0.15, 0.2) is 22.7 Å². The molecule has 3 heteroatoms. The van der Waals surface area contributed by atoms with Gasteiger partial charge in [0.25, 0.3) is 0 Å². The van der Waals surface area contributed by atoms with Crippen LogP contribution in [-0.2, 0) is 6.54 Å². The van der Waals surface area contributed by atoms with E-state index in [1.165, 1.54) is 5.56 Å². The van der Waals surface area contributed by atoms with Crippen molar-refractivity contribution in [3.05, 3.63) is 28.2 Å².